The van der Waals surface area contributed by atoms with E-state index in [-0.39, 0.29) is 6.10 Å². The van der Waals surface area contributed by atoms with Gasteiger partial charge in [0.25, 0.3) is 0 Å². The molecule has 1 aromatic rings. The van der Waals surface area contributed by atoms with Crippen molar-refractivity contribution in [3.8, 4) is 0 Å². The molecule has 0 saturated carbocycles. The molecule has 0 bridgehead atoms. The van der Waals surface area contributed by atoms with Gasteiger partial charge in [0.2, 0.25) is 10.0 Å². The maximum absolute atomic E-state index is 12.8. The average Bonchev–Trinajstić information content (AvgIpc) is 2.88. The van der Waals surface area contributed by atoms with Crippen LogP contribution in [-0.2, 0) is 21.3 Å². The van der Waals surface area contributed by atoms with Crippen LogP contribution in [0.15, 0.2) is 16.3 Å². The van der Waals surface area contributed by atoms with Crippen LogP contribution in [0.25, 0.3) is 0 Å². The minimum absolute atomic E-state index is 0.0232. The number of methoxy groups -OCH3 is 1. The first-order valence-corrected chi connectivity index (χ1v) is 9.06. The standard InChI is InChI=1S/C13H22N2O3S2/c1-10-4-6-15(9-11(10)18-3)20(16,17)13-5-7-19-12(13)8-14-2/h5,7,10-11,14H,4,6,8-9H2,1-3H3. The Labute approximate surface area is 125 Å². The van der Waals surface area contributed by atoms with E-state index in [0.29, 0.717) is 30.4 Å². The van der Waals surface area contributed by atoms with E-state index in [1.54, 1.807) is 17.5 Å². The quantitative estimate of drug-likeness (QED) is 0.894. The lowest BCUT2D eigenvalue weighted by Gasteiger charge is -2.35. The van der Waals surface area contributed by atoms with Crippen LogP contribution in [0.4, 0.5) is 0 Å². The van der Waals surface area contributed by atoms with Gasteiger partial charge in [-0.1, -0.05) is 6.92 Å². The molecule has 2 unspecified atom stereocenters. The lowest BCUT2D eigenvalue weighted by Crippen LogP contribution is -2.46. The molecule has 1 aromatic heterocycles. The van der Waals surface area contributed by atoms with Gasteiger partial charge in [0.1, 0.15) is 0 Å². The van der Waals surface area contributed by atoms with Crippen molar-refractivity contribution in [1.82, 2.24) is 9.62 Å². The van der Waals surface area contributed by atoms with Gasteiger partial charge in [-0.3, -0.25) is 0 Å². The summed E-state index contributed by atoms with van der Waals surface area (Å²) in [6.45, 7) is 3.69. The van der Waals surface area contributed by atoms with E-state index in [4.69, 9.17) is 4.74 Å². The van der Waals surface area contributed by atoms with E-state index in [1.165, 1.54) is 11.3 Å². The average molecular weight is 318 g/mol. The zero-order valence-corrected chi connectivity index (χ0v) is 13.8. The van der Waals surface area contributed by atoms with Crippen molar-refractivity contribution >= 4 is 21.4 Å². The highest BCUT2D eigenvalue weighted by atomic mass is 32.2. The third-order valence-electron chi connectivity index (χ3n) is 3.81. The van der Waals surface area contributed by atoms with E-state index in [0.717, 1.165) is 11.3 Å². The van der Waals surface area contributed by atoms with Gasteiger partial charge in [-0.25, -0.2) is 8.42 Å². The summed E-state index contributed by atoms with van der Waals surface area (Å²) < 4.78 is 32.5. The van der Waals surface area contributed by atoms with Crippen LogP contribution >= 0.6 is 11.3 Å². The SMILES string of the molecule is CNCc1sccc1S(=O)(=O)N1CCC(C)C(OC)C1. The predicted octanol–water partition coefficient (Wildman–Crippen LogP) is 1.51. The molecule has 2 rings (SSSR count). The summed E-state index contributed by atoms with van der Waals surface area (Å²) in [5.41, 5.74) is 0. The van der Waals surface area contributed by atoms with E-state index in [2.05, 4.69) is 12.2 Å². The molecule has 2 heterocycles. The van der Waals surface area contributed by atoms with Crippen molar-refractivity contribution in [2.24, 2.45) is 5.92 Å². The lowest BCUT2D eigenvalue weighted by molar-refractivity contribution is 0.0184. The molecule has 7 heteroatoms. The largest absolute Gasteiger partial charge is 0.380 e. The number of nitrogens with one attached hydrogen (secondary N) is 1. The first-order chi connectivity index (χ1) is 9.50. The molecule has 1 N–H and O–H groups in total. The molecule has 114 valence electrons. The number of piperidine rings is 1. The van der Waals surface area contributed by atoms with Crippen molar-refractivity contribution in [3.05, 3.63) is 16.3 Å². The van der Waals surface area contributed by atoms with Crippen molar-refractivity contribution in [3.63, 3.8) is 0 Å². The number of nitrogens with zero attached hydrogens (tertiary/aromatic N) is 1. The van der Waals surface area contributed by atoms with E-state index < -0.39 is 10.0 Å². The Balaban J connectivity index is 2.24. The first kappa shape index (κ1) is 15.9. The minimum Gasteiger partial charge on any atom is -0.380 e. The summed E-state index contributed by atoms with van der Waals surface area (Å²) in [6.07, 6.45) is 0.813. The monoisotopic (exact) mass is 318 g/mol. The summed E-state index contributed by atoms with van der Waals surface area (Å²) in [5, 5.41) is 4.85. The molecule has 0 spiro atoms. The molecule has 0 aromatic carbocycles. The Bertz CT molecular complexity index is 542. The van der Waals surface area contributed by atoms with Crippen LogP contribution in [0.3, 0.4) is 0 Å². The lowest BCUT2D eigenvalue weighted by atomic mass is 9.97. The number of thiophene rings is 1. The highest BCUT2D eigenvalue weighted by Gasteiger charge is 2.35. The van der Waals surface area contributed by atoms with Gasteiger partial charge in [0, 0.05) is 31.6 Å². The van der Waals surface area contributed by atoms with Gasteiger partial charge >= 0.3 is 0 Å². The predicted molar refractivity (Wildman–Crippen MR) is 80.4 cm³/mol. The molecule has 5 nitrogen and oxygen atoms in total. The Morgan fingerprint density at radius 2 is 2.30 bits per heavy atom. The van der Waals surface area contributed by atoms with E-state index in [9.17, 15) is 8.42 Å². The number of hydrogen-bond donors (Lipinski definition) is 1. The summed E-state index contributed by atoms with van der Waals surface area (Å²) >= 11 is 1.47. The second-order valence-electron chi connectivity index (χ2n) is 5.14. The Morgan fingerprint density at radius 1 is 1.55 bits per heavy atom. The Hall–Kier alpha value is -0.470. The molecule has 0 amide bonds. The van der Waals surface area contributed by atoms with Gasteiger partial charge in [-0.15, -0.1) is 11.3 Å². The van der Waals surface area contributed by atoms with Gasteiger partial charge in [0.05, 0.1) is 11.0 Å². The van der Waals surface area contributed by atoms with Crippen LogP contribution in [0.5, 0.6) is 0 Å². The number of hydrogen-bond acceptors (Lipinski definition) is 5. The van der Waals surface area contributed by atoms with Crippen LogP contribution in [-0.4, -0.2) is 46.1 Å². The normalized spacial score (nSPS) is 24.9. The fourth-order valence-corrected chi connectivity index (χ4v) is 5.41. The second-order valence-corrected chi connectivity index (χ2v) is 8.05. The highest BCUT2D eigenvalue weighted by molar-refractivity contribution is 7.89. The molecule has 0 radical (unpaired) electrons. The second kappa shape index (κ2) is 6.53. The minimum atomic E-state index is -3.41. The van der Waals surface area contributed by atoms with Crippen molar-refractivity contribution in [2.45, 2.75) is 30.9 Å². The molecular formula is C13H22N2O3S2. The zero-order valence-electron chi connectivity index (χ0n) is 12.1. The van der Waals surface area contributed by atoms with Crippen LogP contribution in [0.1, 0.15) is 18.2 Å². The summed E-state index contributed by atoms with van der Waals surface area (Å²) in [6, 6.07) is 1.70. The van der Waals surface area contributed by atoms with E-state index in [1.807, 2.05) is 12.4 Å². The van der Waals surface area contributed by atoms with Gasteiger partial charge in [0.15, 0.2) is 0 Å². The zero-order chi connectivity index (χ0) is 14.8. The molecule has 1 aliphatic rings. The van der Waals surface area contributed by atoms with Crippen molar-refractivity contribution in [2.75, 3.05) is 27.2 Å². The van der Waals surface area contributed by atoms with Crippen molar-refractivity contribution < 1.29 is 13.2 Å². The molecule has 1 fully saturated rings. The maximum Gasteiger partial charge on any atom is 0.244 e. The van der Waals surface area contributed by atoms with Gasteiger partial charge in [-0.05, 0) is 30.8 Å². The van der Waals surface area contributed by atoms with Gasteiger partial charge in [-0.2, -0.15) is 4.31 Å². The molecular weight excluding hydrogens is 296 g/mol. The summed E-state index contributed by atoms with van der Waals surface area (Å²) in [7, 11) is 0.0520. The third-order valence-corrected chi connectivity index (χ3v) is 6.81. The number of rotatable bonds is 5. The molecule has 0 aliphatic carbocycles. The Morgan fingerprint density at radius 3 is 2.95 bits per heavy atom. The molecule has 1 aliphatic heterocycles. The third kappa shape index (κ3) is 3.07. The molecule has 1 saturated heterocycles. The molecule has 2 atom stereocenters. The summed E-state index contributed by atoms with van der Waals surface area (Å²) in [4.78, 5) is 1.29. The summed E-state index contributed by atoms with van der Waals surface area (Å²) in [5.74, 6) is 0.394. The van der Waals surface area contributed by atoms with Crippen LogP contribution in [0, 0.1) is 5.92 Å². The van der Waals surface area contributed by atoms with Gasteiger partial charge < -0.3 is 10.1 Å². The Kier molecular flexibility index (Phi) is 5.19. The fraction of sp³-hybridized carbons (Fsp3) is 0.692. The smallest absolute Gasteiger partial charge is 0.244 e. The van der Waals surface area contributed by atoms with E-state index >= 15 is 0 Å². The topological polar surface area (TPSA) is 58.6 Å². The van der Waals surface area contributed by atoms with Crippen LogP contribution < -0.4 is 5.32 Å². The first-order valence-electron chi connectivity index (χ1n) is 6.74. The number of ether oxygens (including phenoxy) is 1. The highest BCUT2D eigenvalue weighted by Crippen LogP contribution is 2.29. The maximum atomic E-state index is 12.8. The number of sulfonamides is 1. The van der Waals surface area contributed by atoms with Crippen molar-refractivity contribution in [1.29, 1.82) is 0 Å². The molecule has 20 heavy (non-hydrogen) atoms. The fourth-order valence-electron chi connectivity index (χ4n) is 2.52. The van der Waals surface area contributed by atoms with Crippen LogP contribution in [0.2, 0.25) is 0 Å².